The lowest BCUT2D eigenvalue weighted by Gasteiger charge is -2.23. The van der Waals surface area contributed by atoms with E-state index in [9.17, 15) is 26.3 Å². The molecule has 0 aliphatic carbocycles. The highest BCUT2D eigenvalue weighted by Crippen LogP contribution is 2.36. The number of aromatic nitrogens is 1. The number of alkyl halides is 7. The van der Waals surface area contributed by atoms with E-state index < -0.39 is 24.3 Å². The third-order valence-electron chi connectivity index (χ3n) is 2.41. The number of ether oxygens (including phenoxy) is 1. The number of pyridine rings is 1. The molecule has 0 radical (unpaired) electrons. The van der Waals surface area contributed by atoms with Crippen LogP contribution in [0.2, 0.25) is 0 Å². The molecule has 0 spiro atoms. The molecular formula is C12H12ClF6NO. The van der Waals surface area contributed by atoms with E-state index in [1.165, 1.54) is 6.07 Å². The van der Waals surface area contributed by atoms with E-state index in [0.717, 1.165) is 6.07 Å². The zero-order valence-electron chi connectivity index (χ0n) is 10.9. The number of rotatable bonds is 5. The van der Waals surface area contributed by atoms with Gasteiger partial charge in [0.1, 0.15) is 0 Å². The third kappa shape index (κ3) is 5.26. The summed E-state index contributed by atoms with van der Waals surface area (Å²) in [6, 6.07) is 2.48. The van der Waals surface area contributed by atoms with Gasteiger partial charge in [0.05, 0.1) is 0 Å². The predicted molar refractivity (Wildman–Crippen MR) is 64.3 cm³/mol. The monoisotopic (exact) mass is 335 g/mol. The van der Waals surface area contributed by atoms with Crippen LogP contribution in [0.5, 0.6) is 5.88 Å². The van der Waals surface area contributed by atoms with Crippen LogP contribution in [0.25, 0.3) is 0 Å². The number of hydrogen-bond acceptors (Lipinski definition) is 2. The second-order valence-corrected chi connectivity index (χ2v) is 4.54. The van der Waals surface area contributed by atoms with Crippen molar-refractivity contribution in [3.05, 3.63) is 23.4 Å². The van der Waals surface area contributed by atoms with Crippen molar-refractivity contribution in [1.29, 1.82) is 0 Å². The second kappa shape index (κ2) is 6.72. The normalized spacial score (nSPS) is 12.8. The van der Waals surface area contributed by atoms with E-state index in [1.807, 2.05) is 0 Å². The van der Waals surface area contributed by atoms with Gasteiger partial charge >= 0.3 is 12.4 Å². The fourth-order valence-corrected chi connectivity index (χ4v) is 1.74. The van der Waals surface area contributed by atoms with Crippen molar-refractivity contribution in [2.24, 2.45) is 0 Å². The molecule has 1 aromatic heterocycles. The maximum absolute atomic E-state index is 12.4. The molecule has 2 nitrogen and oxygen atoms in total. The minimum Gasteiger partial charge on any atom is -0.455 e. The van der Waals surface area contributed by atoms with E-state index in [1.54, 1.807) is 6.92 Å². The van der Waals surface area contributed by atoms with Crippen LogP contribution >= 0.6 is 11.6 Å². The molecule has 0 atom stereocenters. The number of hydrogen-bond donors (Lipinski definition) is 0. The highest BCUT2D eigenvalue weighted by atomic mass is 35.5. The second-order valence-electron chi connectivity index (χ2n) is 4.27. The minimum absolute atomic E-state index is 0.0711. The van der Waals surface area contributed by atoms with Gasteiger partial charge in [0.15, 0.2) is 0 Å². The summed E-state index contributed by atoms with van der Waals surface area (Å²) in [4.78, 5) is 3.66. The zero-order valence-corrected chi connectivity index (χ0v) is 11.6. The van der Waals surface area contributed by atoms with Crippen LogP contribution in [0, 0.1) is 0 Å². The van der Waals surface area contributed by atoms with Gasteiger partial charge in [-0.05, 0) is 18.1 Å². The van der Waals surface area contributed by atoms with Crippen molar-refractivity contribution in [3.8, 4) is 5.88 Å². The lowest BCUT2D eigenvalue weighted by Crippen LogP contribution is -2.46. The molecule has 0 bridgehead atoms. The first-order valence-corrected chi connectivity index (χ1v) is 6.47. The molecule has 120 valence electrons. The van der Waals surface area contributed by atoms with Gasteiger partial charge in [0.2, 0.25) is 5.88 Å². The smallest absolute Gasteiger partial charge is 0.434 e. The Balaban J connectivity index is 3.11. The summed E-state index contributed by atoms with van der Waals surface area (Å²) in [6.07, 6.45) is -14.1. The van der Waals surface area contributed by atoms with Crippen LogP contribution in [0.1, 0.15) is 24.6 Å². The van der Waals surface area contributed by atoms with Crippen molar-refractivity contribution in [2.45, 2.75) is 44.1 Å². The lowest BCUT2D eigenvalue weighted by atomic mass is 10.2. The van der Waals surface area contributed by atoms with Gasteiger partial charge < -0.3 is 4.74 Å². The molecule has 0 saturated heterocycles. The largest absolute Gasteiger partial charge is 0.455 e. The Morgan fingerprint density at radius 3 is 2.14 bits per heavy atom. The zero-order chi connectivity index (χ0) is 16.3. The molecule has 21 heavy (non-hydrogen) atoms. The summed E-state index contributed by atoms with van der Waals surface area (Å²) in [7, 11) is 0. The molecule has 1 rings (SSSR count). The Kier molecular flexibility index (Phi) is 5.72. The molecule has 0 amide bonds. The van der Waals surface area contributed by atoms with Gasteiger partial charge in [-0.1, -0.05) is 13.3 Å². The van der Waals surface area contributed by atoms with Crippen molar-refractivity contribution in [1.82, 2.24) is 4.98 Å². The van der Waals surface area contributed by atoms with Crippen LogP contribution in [-0.2, 0) is 12.3 Å². The molecule has 9 heteroatoms. The van der Waals surface area contributed by atoms with Gasteiger partial charge in [-0.2, -0.15) is 26.3 Å². The Bertz CT molecular complexity index is 460. The van der Waals surface area contributed by atoms with Crippen LogP contribution in [0.15, 0.2) is 12.1 Å². The molecular weight excluding hydrogens is 324 g/mol. The third-order valence-corrected chi connectivity index (χ3v) is 2.72. The predicted octanol–water partition coefficient (Wildman–Crippen LogP) is 4.64. The summed E-state index contributed by atoms with van der Waals surface area (Å²) >= 11 is 5.56. The standard InChI is InChI=1S/C12H12ClF6NO/c1-2-3-8-4-7(6-13)5-9(20-8)21-10(11(14,15)16)12(17,18)19/h4-5,10H,2-3,6H2,1H3. The first-order chi connectivity index (χ1) is 9.57. The van der Waals surface area contributed by atoms with Gasteiger partial charge in [-0.25, -0.2) is 4.98 Å². The molecule has 0 aliphatic rings. The number of nitrogens with zero attached hydrogens (tertiary/aromatic N) is 1. The molecule has 0 aliphatic heterocycles. The summed E-state index contributed by atoms with van der Waals surface area (Å²) in [5.41, 5.74) is 0.668. The summed E-state index contributed by atoms with van der Waals surface area (Å²) in [5.74, 6) is -0.811. The van der Waals surface area contributed by atoms with Gasteiger partial charge in [-0.3, -0.25) is 0 Å². The molecule has 0 saturated carbocycles. The molecule has 1 heterocycles. The maximum Gasteiger partial charge on any atom is 0.434 e. The van der Waals surface area contributed by atoms with E-state index in [2.05, 4.69) is 9.72 Å². The Morgan fingerprint density at radius 2 is 1.71 bits per heavy atom. The minimum atomic E-state index is -5.58. The Labute approximate surface area is 122 Å². The van der Waals surface area contributed by atoms with Crippen LogP contribution in [0.4, 0.5) is 26.3 Å². The van der Waals surface area contributed by atoms with E-state index >= 15 is 0 Å². The molecule has 0 aromatic carbocycles. The molecule has 0 N–H and O–H groups in total. The van der Waals surface area contributed by atoms with Gasteiger partial charge in [0.25, 0.3) is 6.10 Å². The SMILES string of the molecule is CCCc1cc(CCl)cc(OC(C(F)(F)F)C(F)(F)F)n1. The van der Waals surface area contributed by atoms with E-state index in [0.29, 0.717) is 24.1 Å². The van der Waals surface area contributed by atoms with Gasteiger partial charge in [0, 0.05) is 17.6 Å². The topological polar surface area (TPSA) is 22.1 Å². The van der Waals surface area contributed by atoms with E-state index in [4.69, 9.17) is 11.6 Å². The van der Waals surface area contributed by atoms with Gasteiger partial charge in [-0.15, -0.1) is 11.6 Å². The first-order valence-electron chi connectivity index (χ1n) is 5.93. The Hall–Kier alpha value is -1.18. The van der Waals surface area contributed by atoms with E-state index in [-0.39, 0.29) is 5.88 Å². The Morgan fingerprint density at radius 1 is 1.14 bits per heavy atom. The summed E-state index contributed by atoms with van der Waals surface area (Å²) < 4.78 is 78.7. The summed E-state index contributed by atoms with van der Waals surface area (Å²) in [5, 5.41) is 0. The molecule has 1 aromatic rings. The van der Waals surface area contributed by atoms with Crippen molar-refractivity contribution < 1.29 is 31.1 Å². The van der Waals surface area contributed by atoms with Crippen LogP contribution in [-0.4, -0.2) is 23.4 Å². The van der Waals surface area contributed by atoms with Crippen molar-refractivity contribution >= 4 is 11.6 Å². The van der Waals surface area contributed by atoms with Crippen molar-refractivity contribution in [3.63, 3.8) is 0 Å². The van der Waals surface area contributed by atoms with Crippen molar-refractivity contribution in [2.75, 3.05) is 0 Å². The quantitative estimate of drug-likeness (QED) is 0.577. The average molecular weight is 336 g/mol. The average Bonchev–Trinajstić information content (AvgIpc) is 2.33. The lowest BCUT2D eigenvalue weighted by molar-refractivity contribution is -0.300. The van der Waals surface area contributed by atoms with Crippen LogP contribution in [0.3, 0.4) is 0 Å². The molecule has 0 fully saturated rings. The molecule has 0 unspecified atom stereocenters. The number of halogens is 7. The van der Waals surface area contributed by atoms with Crippen LogP contribution < -0.4 is 4.74 Å². The highest BCUT2D eigenvalue weighted by Gasteiger charge is 2.59. The first kappa shape index (κ1) is 17.9. The fourth-order valence-electron chi connectivity index (χ4n) is 1.58. The summed E-state index contributed by atoms with van der Waals surface area (Å²) in [6.45, 7) is 1.80. The maximum atomic E-state index is 12.4. The fraction of sp³-hybridized carbons (Fsp3) is 0.583. The number of aryl methyl sites for hydroxylation is 1. The highest BCUT2D eigenvalue weighted by molar-refractivity contribution is 6.17.